The summed E-state index contributed by atoms with van der Waals surface area (Å²) in [6.07, 6.45) is 5.67. The molecule has 1 fully saturated rings. The average molecular weight is 480 g/mol. The molecule has 1 aliphatic heterocycles. The molecule has 0 aromatic heterocycles. The van der Waals surface area contributed by atoms with Crippen molar-refractivity contribution in [3.05, 3.63) is 59.2 Å². The molecule has 2 aromatic carbocycles. The Morgan fingerprint density at radius 3 is 2.43 bits per heavy atom. The highest BCUT2D eigenvalue weighted by Gasteiger charge is 2.29. The largest absolute Gasteiger partial charge is 0.493 e. The molecule has 1 saturated heterocycles. The Labute approximate surface area is 206 Å². The molecule has 7 heteroatoms. The van der Waals surface area contributed by atoms with E-state index in [0.29, 0.717) is 46.1 Å². The fourth-order valence-electron chi connectivity index (χ4n) is 4.52. The Morgan fingerprint density at radius 1 is 0.886 bits per heavy atom. The molecule has 1 heterocycles. The van der Waals surface area contributed by atoms with Crippen LogP contribution in [-0.2, 0) is 4.74 Å². The van der Waals surface area contributed by atoms with Crippen LogP contribution in [0.3, 0.4) is 0 Å². The van der Waals surface area contributed by atoms with Crippen LogP contribution in [0.1, 0.15) is 52.0 Å². The zero-order valence-electron chi connectivity index (χ0n) is 20.5. The van der Waals surface area contributed by atoms with E-state index < -0.39 is 0 Å². The van der Waals surface area contributed by atoms with Crippen molar-refractivity contribution in [2.24, 2.45) is 0 Å². The second kappa shape index (κ2) is 12.0. The second-order valence-electron chi connectivity index (χ2n) is 8.72. The number of fused-ring (bicyclic) bond motifs is 1. The van der Waals surface area contributed by atoms with Gasteiger partial charge in [-0.15, -0.1) is 0 Å². The van der Waals surface area contributed by atoms with Gasteiger partial charge in [0, 0.05) is 24.2 Å². The van der Waals surface area contributed by atoms with Gasteiger partial charge in [-0.05, 0) is 49.2 Å². The molecule has 0 saturated carbocycles. The van der Waals surface area contributed by atoms with Crippen molar-refractivity contribution in [2.45, 2.75) is 25.7 Å². The van der Waals surface area contributed by atoms with Gasteiger partial charge in [0.25, 0.3) is 0 Å². The summed E-state index contributed by atoms with van der Waals surface area (Å²) in [6, 6.07) is 10.4. The molecule has 0 bridgehead atoms. The minimum Gasteiger partial charge on any atom is -0.493 e. The van der Waals surface area contributed by atoms with Crippen LogP contribution in [0.15, 0.2) is 42.5 Å². The summed E-state index contributed by atoms with van der Waals surface area (Å²) in [5.74, 6) is 1.09. The van der Waals surface area contributed by atoms with Crippen LogP contribution < -0.4 is 14.2 Å². The van der Waals surface area contributed by atoms with Crippen molar-refractivity contribution in [3.63, 3.8) is 0 Å². The number of Topliss-reactive ketones (excluding diaryl/α,β-unsaturated/α-hetero) is 1. The maximum atomic E-state index is 13.3. The Balaban J connectivity index is 1.35. The number of ether oxygens (including phenoxy) is 4. The predicted octanol–water partition coefficient (Wildman–Crippen LogP) is 4.44. The summed E-state index contributed by atoms with van der Waals surface area (Å²) < 4.78 is 22.0. The number of allylic oxidation sites excluding steroid dienone is 2. The molecule has 0 spiro atoms. The number of carbonyl (C=O) groups excluding carboxylic acids is 2. The molecule has 1 aliphatic carbocycles. The Hall–Kier alpha value is -3.16. The van der Waals surface area contributed by atoms with Gasteiger partial charge < -0.3 is 18.9 Å². The van der Waals surface area contributed by atoms with Gasteiger partial charge >= 0.3 is 0 Å². The highest BCUT2D eigenvalue weighted by Crippen LogP contribution is 2.36. The van der Waals surface area contributed by atoms with Crippen LogP contribution in [-0.4, -0.2) is 70.1 Å². The number of unbranched alkanes of at least 4 members (excludes halogenated alkanes) is 3. The van der Waals surface area contributed by atoms with E-state index in [1.54, 1.807) is 43.5 Å². The molecule has 0 atom stereocenters. The molecular weight excluding hydrogens is 446 g/mol. The van der Waals surface area contributed by atoms with Crippen LogP contribution in [0.25, 0.3) is 5.57 Å². The van der Waals surface area contributed by atoms with Crippen molar-refractivity contribution in [3.8, 4) is 17.2 Å². The first kappa shape index (κ1) is 24.9. The summed E-state index contributed by atoms with van der Waals surface area (Å²) in [7, 11) is 3.09. The number of hydrogen-bond donors (Lipinski definition) is 0. The maximum Gasteiger partial charge on any atom is 0.194 e. The molecule has 2 aliphatic rings. The number of methoxy groups -OCH3 is 2. The van der Waals surface area contributed by atoms with Crippen LogP contribution in [0.4, 0.5) is 0 Å². The summed E-state index contributed by atoms with van der Waals surface area (Å²) >= 11 is 0. The zero-order valence-corrected chi connectivity index (χ0v) is 20.5. The van der Waals surface area contributed by atoms with Crippen LogP contribution in [0.5, 0.6) is 17.2 Å². The van der Waals surface area contributed by atoms with E-state index in [1.165, 1.54) is 13.2 Å². The maximum absolute atomic E-state index is 13.3. The highest BCUT2D eigenvalue weighted by molar-refractivity contribution is 6.39. The first-order chi connectivity index (χ1) is 17.1. The minimum absolute atomic E-state index is 0.208. The number of carbonyl (C=O) groups is 2. The fraction of sp³-hybridized carbons (Fsp3) is 0.429. The first-order valence-corrected chi connectivity index (χ1v) is 12.2. The monoisotopic (exact) mass is 479 g/mol. The first-order valence-electron chi connectivity index (χ1n) is 12.2. The molecule has 0 N–H and O–H groups in total. The standard InChI is InChI=1S/C28H33NO6/c1-32-24-11-10-20(18-26(24)33-2)22-19-23(30)27-21(28(22)31)8-7-9-25(27)35-15-6-4-3-5-12-29-13-16-34-17-14-29/h7-11,18-19H,3-6,12-17H2,1-2H3. The van der Waals surface area contributed by atoms with E-state index >= 15 is 0 Å². The predicted molar refractivity (Wildman–Crippen MR) is 134 cm³/mol. The van der Waals surface area contributed by atoms with E-state index in [9.17, 15) is 9.59 Å². The lowest BCUT2D eigenvalue weighted by molar-refractivity contribution is 0.0371. The number of hydrogen-bond acceptors (Lipinski definition) is 7. The second-order valence-corrected chi connectivity index (χ2v) is 8.72. The van der Waals surface area contributed by atoms with Gasteiger partial charge in [-0.2, -0.15) is 0 Å². The minimum atomic E-state index is -0.231. The lowest BCUT2D eigenvalue weighted by atomic mass is 9.85. The fourth-order valence-corrected chi connectivity index (χ4v) is 4.52. The van der Waals surface area contributed by atoms with E-state index in [0.717, 1.165) is 58.5 Å². The highest BCUT2D eigenvalue weighted by atomic mass is 16.5. The quantitative estimate of drug-likeness (QED) is 0.441. The summed E-state index contributed by atoms with van der Waals surface area (Å²) in [5.41, 5.74) is 1.65. The van der Waals surface area contributed by atoms with Gasteiger partial charge in [-0.1, -0.05) is 31.0 Å². The van der Waals surface area contributed by atoms with E-state index in [1.807, 2.05) is 0 Å². The molecule has 0 radical (unpaired) electrons. The van der Waals surface area contributed by atoms with Gasteiger partial charge in [-0.25, -0.2) is 0 Å². The third-order valence-corrected chi connectivity index (χ3v) is 6.46. The van der Waals surface area contributed by atoms with Gasteiger partial charge in [0.15, 0.2) is 23.1 Å². The molecule has 7 nitrogen and oxygen atoms in total. The van der Waals surface area contributed by atoms with Crippen molar-refractivity contribution >= 4 is 17.1 Å². The summed E-state index contributed by atoms with van der Waals surface area (Å²) in [6.45, 7) is 5.35. The number of morpholine rings is 1. The molecular formula is C28H33NO6. The van der Waals surface area contributed by atoms with Crippen molar-refractivity contribution in [2.75, 3.05) is 53.7 Å². The SMILES string of the molecule is COc1ccc(C2=CC(=O)c3c(OCCCCCCN4CCOCC4)cccc3C2=O)cc1OC. The van der Waals surface area contributed by atoms with Gasteiger partial charge in [0.2, 0.25) is 0 Å². The van der Waals surface area contributed by atoms with Crippen molar-refractivity contribution in [1.29, 1.82) is 0 Å². The van der Waals surface area contributed by atoms with E-state index in [-0.39, 0.29) is 11.6 Å². The topological polar surface area (TPSA) is 74.3 Å². The van der Waals surface area contributed by atoms with Crippen molar-refractivity contribution < 1.29 is 28.5 Å². The summed E-state index contributed by atoms with van der Waals surface area (Å²) in [4.78, 5) is 28.8. The molecule has 0 amide bonds. The Morgan fingerprint density at radius 2 is 1.66 bits per heavy atom. The number of nitrogens with zero attached hydrogens (tertiary/aromatic N) is 1. The van der Waals surface area contributed by atoms with Crippen LogP contribution in [0.2, 0.25) is 0 Å². The lowest BCUT2D eigenvalue weighted by Gasteiger charge is -2.26. The van der Waals surface area contributed by atoms with Crippen LogP contribution >= 0.6 is 0 Å². The number of benzene rings is 2. The molecule has 186 valence electrons. The normalized spacial score (nSPS) is 16.0. The lowest BCUT2D eigenvalue weighted by Crippen LogP contribution is -2.36. The van der Waals surface area contributed by atoms with Gasteiger partial charge in [0.1, 0.15) is 5.75 Å². The van der Waals surface area contributed by atoms with Gasteiger partial charge in [0.05, 0.1) is 39.6 Å². The smallest absolute Gasteiger partial charge is 0.194 e. The molecule has 2 aromatic rings. The molecule has 4 rings (SSSR count). The van der Waals surface area contributed by atoms with E-state index in [4.69, 9.17) is 18.9 Å². The third kappa shape index (κ3) is 5.92. The van der Waals surface area contributed by atoms with Crippen LogP contribution in [0, 0.1) is 0 Å². The van der Waals surface area contributed by atoms with Crippen molar-refractivity contribution in [1.82, 2.24) is 4.90 Å². The number of ketones is 2. The zero-order chi connectivity index (χ0) is 24.6. The number of rotatable bonds is 11. The molecule has 0 unspecified atom stereocenters. The molecule has 35 heavy (non-hydrogen) atoms. The Bertz CT molecular complexity index is 1090. The summed E-state index contributed by atoms with van der Waals surface area (Å²) in [5, 5.41) is 0. The Kier molecular flexibility index (Phi) is 8.55. The third-order valence-electron chi connectivity index (χ3n) is 6.46. The average Bonchev–Trinajstić information content (AvgIpc) is 2.90. The van der Waals surface area contributed by atoms with E-state index in [2.05, 4.69) is 4.90 Å². The van der Waals surface area contributed by atoms with Gasteiger partial charge in [-0.3, -0.25) is 14.5 Å².